The molecule has 64 heavy (non-hydrogen) atoms. The van der Waals surface area contributed by atoms with Crippen molar-refractivity contribution in [1.29, 1.82) is 0 Å². The van der Waals surface area contributed by atoms with Crippen LogP contribution >= 0.6 is 35.6 Å². The van der Waals surface area contributed by atoms with E-state index in [2.05, 4.69) is 10.6 Å². The summed E-state index contributed by atoms with van der Waals surface area (Å²) in [6.07, 6.45) is -5.98. The van der Waals surface area contributed by atoms with Gasteiger partial charge >= 0.3 is 23.9 Å². The zero-order valence-electron chi connectivity index (χ0n) is 34.1. The number of hydrogen-bond donors (Lipinski definition) is 2. The molecule has 1 heterocycles. The van der Waals surface area contributed by atoms with Gasteiger partial charge < -0.3 is 34.3 Å². The maximum atomic E-state index is 14.1. The van der Waals surface area contributed by atoms with Crippen molar-refractivity contribution in [2.24, 2.45) is 4.99 Å². The molecule has 1 saturated heterocycles. The van der Waals surface area contributed by atoms with Crippen molar-refractivity contribution in [1.82, 2.24) is 0 Å². The number of hydrogen-bond acceptors (Lipinski definition) is 11. The first-order valence-electron chi connectivity index (χ1n) is 19.9. The third kappa shape index (κ3) is 12.2. The fraction of sp³-hybridized carbons (Fsp3) is 0.143. The molecule has 0 aliphatic carbocycles. The lowest BCUT2D eigenvalue weighted by Crippen LogP contribution is -2.62. The van der Waals surface area contributed by atoms with Crippen molar-refractivity contribution in [3.05, 3.63) is 203 Å². The third-order valence-electron chi connectivity index (χ3n) is 9.59. The molecule has 6 aromatic carbocycles. The SMILES string of the molecule is Cc1ccc(NC(=S)/N=C(\Nc2ccccc2Cl)SC2O[C@H](COC(=O)c3ccccc3)[C@@H](OC(=O)c3ccccc3)[C@H](OC(=O)c3ccccc3)[C@H]2OC(=O)c2ccccc2)cc1. The van der Waals surface area contributed by atoms with Crippen LogP contribution in [0.5, 0.6) is 0 Å². The molecule has 2 N–H and O–H groups in total. The Hall–Kier alpha value is -6.84. The number of thioether (sulfide) groups is 1. The average molecular weight is 914 g/mol. The van der Waals surface area contributed by atoms with E-state index in [1.807, 2.05) is 31.2 Å². The quantitative estimate of drug-likeness (QED) is 0.0395. The highest BCUT2D eigenvalue weighted by atomic mass is 35.5. The smallest absolute Gasteiger partial charge is 0.338 e. The number of esters is 4. The Balaban J connectivity index is 1.33. The van der Waals surface area contributed by atoms with E-state index in [9.17, 15) is 19.2 Å². The predicted octanol–water partition coefficient (Wildman–Crippen LogP) is 9.81. The van der Waals surface area contributed by atoms with Gasteiger partial charge in [0.2, 0.25) is 0 Å². The number of aliphatic imine (C=N–C) groups is 1. The van der Waals surface area contributed by atoms with E-state index in [0.717, 1.165) is 17.3 Å². The third-order valence-corrected chi connectivity index (χ3v) is 11.1. The number of aryl methyl sites for hydroxylation is 1. The molecule has 12 nitrogen and oxygen atoms in total. The Morgan fingerprint density at radius 1 is 0.594 bits per heavy atom. The number of ether oxygens (including phenoxy) is 5. The van der Waals surface area contributed by atoms with Crippen molar-refractivity contribution in [2.75, 3.05) is 17.2 Å². The van der Waals surface area contributed by atoms with Crippen LogP contribution < -0.4 is 10.6 Å². The predicted molar refractivity (Wildman–Crippen MR) is 250 cm³/mol. The van der Waals surface area contributed by atoms with Crippen molar-refractivity contribution in [2.45, 2.75) is 36.8 Å². The van der Waals surface area contributed by atoms with Gasteiger partial charge in [-0.15, -0.1) is 0 Å². The van der Waals surface area contributed by atoms with Crippen LogP contribution in [0.4, 0.5) is 11.4 Å². The highest BCUT2D eigenvalue weighted by molar-refractivity contribution is 8.14. The largest absolute Gasteiger partial charge is 0.459 e. The van der Waals surface area contributed by atoms with Gasteiger partial charge in [-0.3, -0.25) is 0 Å². The fourth-order valence-electron chi connectivity index (χ4n) is 6.37. The monoisotopic (exact) mass is 913 g/mol. The van der Waals surface area contributed by atoms with Crippen LogP contribution in [0, 0.1) is 6.92 Å². The number of halogens is 1. The summed E-state index contributed by atoms with van der Waals surface area (Å²) in [6.45, 7) is 1.45. The van der Waals surface area contributed by atoms with Crippen LogP contribution in [0.2, 0.25) is 5.02 Å². The fourth-order valence-corrected chi connectivity index (χ4v) is 7.90. The van der Waals surface area contributed by atoms with Crippen molar-refractivity contribution < 1.29 is 42.9 Å². The first-order valence-corrected chi connectivity index (χ1v) is 21.6. The van der Waals surface area contributed by atoms with Crippen molar-refractivity contribution in [3.8, 4) is 0 Å². The number of para-hydroxylation sites is 1. The van der Waals surface area contributed by atoms with E-state index in [1.54, 1.807) is 146 Å². The van der Waals surface area contributed by atoms with Crippen LogP contribution in [-0.4, -0.2) is 70.6 Å². The molecule has 0 amide bonds. The molecular formula is C49H40ClN3O9S2. The molecule has 1 aliphatic rings. The van der Waals surface area contributed by atoms with Crippen molar-refractivity contribution >= 4 is 81.1 Å². The van der Waals surface area contributed by atoms with Crippen LogP contribution in [0.1, 0.15) is 47.0 Å². The zero-order chi connectivity index (χ0) is 44.8. The summed E-state index contributed by atoms with van der Waals surface area (Å²) in [5, 5.41) is 6.81. The number of thiocarbonyl (C=S) groups is 1. The normalized spacial score (nSPS) is 18.2. The minimum Gasteiger partial charge on any atom is -0.459 e. The minimum atomic E-state index is -1.58. The number of benzene rings is 6. The van der Waals surface area contributed by atoms with E-state index in [0.29, 0.717) is 16.4 Å². The molecular weight excluding hydrogens is 874 g/mol. The maximum absolute atomic E-state index is 14.1. The molecule has 15 heteroatoms. The molecule has 0 spiro atoms. The Morgan fingerprint density at radius 3 is 1.56 bits per heavy atom. The maximum Gasteiger partial charge on any atom is 0.338 e. The minimum absolute atomic E-state index is 0.0367. The number of anilines is 2. The standard InChI is InChI=1S/C49H40ClN3O9S2/c1-31-26-28-36(29-27-31)51-48(63)53-49(52-38-25-15-14-24-37(38)50)64-47-42(62-46(57)35-22-12-5-13-23-35)41(61-45(56)34-20-10-4-11-21-34)40(60-44(55)33-18-8-3-9-19-33)39(59-47)30-58-43(54)32-16-6-2-7-17-32/h2-29,39-42,47H,30H2,1H3,(H2,51,52,53,63)/t39-,40-,41+,42-,47?/m1/s1. The number of amidine groups is 1. The number of carbonyl (C=O) groups is 4. The zero-order valence-corrected chi connectivity index (χ0v) is 36.5. The van der Waals surface area contributed by atoms with Gasteiger partial charge in [0.1, 0.15) is 12.7 Å². The highest BCUT2D eigenvalue weighted by Gasteiger charge is 2.54. The van der Waals surface area contributed by atoms with Gasteiger partial charge in [-0.1, -0.05) is 126 Å². The summed E-state index contributed by atoms with van der Waals surface area (Å²) in [5.41, 5.74) is 1.56. The topological polar surface area (TPSA) is 151 Å². The molecule has 1 unspecified atom stereocenters. The molecule has 6 aromatic rings. The van der Waals surface area contributed by atoms with Crippen LogP contribution in [0.25, 0.3) is 0 Å². The number of carbonyl (C=O) groups excluding carboxylic acids is 4. The van der Waals surface area contributed by atoms with E-state index >= 15 is 0 Å². The first-order chi connectivity index (χ1) is 31.1. The molecule has 0 radical (unpaired) electrons. The van der Waals surface area contributed by atoms with Crippen molar-refractivity contribution in [3.63, 3.8) is 0 Å². The van der Waals surface area contributed by atoms with Crippen LogP contribution in [0.3, 0.4) is 0 Å². The first kappa shape index (κ1) is 45.2. The number of nitrogens with one attached hydrogen (secondary N) is 2. The summed E-state index contributed by atoms with van der Waals surface area (Å²) in [7, 11) is 0. The summed E-state index contributed by atoms with van der Waals surface area (Å²) >= 11 is 13.3. The number of nitrogens with zero attached hydrogens (tertiary/aromatic N) is 1. The average Bonchev–Trinajstić information content (AvgIpc) is 3.32. The van der Waals surface area contributed by atoms with Gasteiger partial charge in [0, 0.05) is 5.69 Å². The molecule has 0 bridgehead atoms. The molecule has 7 rings (SSSR count). The molecule has 5 atom stereocenters. The Labute approximate surface area is 383 Å². The lowest BCUT2D eigenvalue weighted by atomic mass is 9.98. The van der Waals surface area contributed by atoms with E-state index in [-0.39, 0.29) is 32.5 Å². The molecule has 1 aliphatic heterocycles. The second-order valence-corrected chi connectivity index (χ2v) is 16.0. The molecule has 0 saturated carbocycles. The van der Waals surface area contributed by atoms with Gasteiger partial charge in [0.15, 0.2) is 34.0 Å². The highest BCUT2D eigenvalue weighted by Crippen LogP contribution is 2.37. The van der Waals surface area contributed by atoms with Crippen LogP contribution in [0.15, 0.2) is 175 Å². The number of rotatable bonds is 12. The van der Waals surface area contributed by atoms with Gasteiger partial charge in [-0.2, -0.15) is 4.99 Å². The van der Waals surface area contributed by atoms with E-state index in [4.69, 9.17) is 52.5 Å². The lowest BCUT2D eigenvalue weighted by Gasteiger charge is -2.44. The van der Waals surface area contributed by atoms with Crippen LogP contribution in [-0.2, 0) is 23.7 Å². The van der Waals surface area contributed by atoms with E-state index in [1.165, 1.54) is 0 Å². The second kappa shape index (κ2) is 22.0. The molecule has 324 valence electrons. The van der Waals surface area contributed by atoms with E-state index < -0.39 is 60.3 Å². The Bertz CT molecular complexity index is 2590. The summed E-state index contributed by atoms with van der Waals surface area (Å²) in [5.74, 6) is -3.16. The summed E-state index contributed by atoms with van der Waals surface area (Å²) < 4.78 is 31.2. The van der Waals surface area contributed by atoms with Gasteiger partial charge in [-0.25, -0.2) is 19.2 Å². The molecule has 0 aromatic heterocycles. The Morgan fingerprint density at radius 2 is 1.05 bits per heavy atom. The van der Waals surface area contributed by atoms with Gasteiger partial charge in [0.25, 0.3) is 0 Å². The lowest BCUT2D eigenvalue weighted by molar-refractivity contribution is -0.207. The Kier molecular flexibility index (Phi) is 15.5. The van der Waals surface area contributed by atoms with Gasteiger partial charge in [0.05, 0.1) is 33.0 Å². The molecule has 1 fully saturated rings. The second-order valence-electron chi connectivity index (χ2n) is 14.2. The summed E-state index contributed by atoms with van der Waals surface area (Å²) in [6, 6.07) is 47.1. The summed E-state index contributed by atoms with van der Waals surface area (Å²) in [4.78, 5) is 60.3. The van der Waals surface area contributed by atoms with Gasteiger partial charge in [-0.05, 0) is 91.9 Å².